The summed E-state index contributed by atoms with van der Waals surface area (Å²) in [6, 6.07) is 4.66. The molecule has 5 heteroatoms. The number of pyridine rings is 1. The predicted octanol–water partition coefficient (Wildman–Crippen LogP) is 2.19. The van der Waals surface area contributed by atoms with Gasteiger partial charge in [-0.25, -0.2) is 9.97 Å². The molecule has 0 aliphatic carbocycles. The molecule has 2 aliphatic heterocycles. The Hall–Kier alpha value is -1.07. The molecule has 2 fully saturated rings. The molecule has 4 heterocycles. The van der Waals surface area contributed by atoms with Crippen molar-refractivity contribution in [2.75, 3.05) is 24.6 Å². The van der Waals surface area contributed by atoms with Gasteiger partial charge < -0.3 is 9.88 Å². The van der Waals surface area contributed by atoms with Crippen LogP contribution in [0.2, 0.25) is 0 Å². The number of thioether (sulfide) groups is 1. The third kappa shape index (κ3) is 1.96. The van der Waals surface area contributed by atoms with Gasteiger partial charge in [-0.05, 0) is 37.3 Å². The zero-order valence-corrected chi connectivity index (χ0v) is 11.7. The molecule has 0 spiro atoms. The van der Waals surface area contributed by atoms with Gasteiger partial charge in [-0.2, -0.15) is 11.8 Å². The van der Waals surface area contributed by atoms with Crippen molar-refractivity contribution in [1.29, 1.82) is 0 Å². The SMILES string of the molecule is c1cnc2c(c1)nc(C1CCNC1)n2C1CCSC1. The van der Waals surface area contributed by atoms with E-state index in [9.17, 15) is 0 Å². The lowest BCUT2D eigenvalue weighted by atomic mass is 10.1. The van der Waals surface area contributed by atoms with Gasteiger partial charge in [0.1, 0.15) is 11.3 Å². The maximum atomic E-state index is 4.89. The molecule has 4 nitrogen and oxygen atoms in total. The fourth-order valence-corrected chi connectivity index (χ4v) is 4.39. The van der Waals surface area contributed by atoms with E-state index in [0.29, 0.717) is 12.0 Å². The molecule has 19 heavy (non-hydrogen) atoms. The number of hydrogen-bond acceptors (Lipinski definition) is 4. The summed E-state index contributed by atoms with van der Waals surface area (Å²) in [5, 5.41) is 3.45. The molecule has 2 atom stereocenters. The Morgan fingerprint density at radius 1 is 1.37 bits per heavy atom. The van der Waals surface area contributed by atoms with Gasteiger partial charge in [-0.1, -0.05) is 0 Å². The molecule has 2 aliphatic rings. The Morgan fingerprint density at radius 3 is 3.16 bits per heavy atom. The molecule has 2 aromatic rings. The normalized spacial score (nSPS) is 27.4. The van der Waals surface area contributed by atoms with E-state index >= 15 is 0 Å². The third-order valence-electron chi connectivity index (χ3n) is 4.17. The first kappa shape index (κ1) is 11.7. The van der Waals surface area contributed by atoms with Gasteiger partial charge in [0, 0.05) is 30.5 Å². The zero-order valence-electron chi connectivity index (χ0n) is 10.9. The first-order valence-electron chi connectivity index (χ1n) is 7.05. The zero-order chi connectivity index (χ0) is 12.7. The van der Waals surface area contributed by atoms with Crippen molar-refractivity contribution in [3.63, 3.8) is 0 Å². The first-order chi connectivity index (χ1) is 9.43. The summed E-state index contributed by atoms with van der Waals surface area (Å²) in [5.41, 5.74) is 2.14. The van der Waals surface area contributed by atoms with Crippen molar-refractivity contribution in [2.24, 2.45) is 0 Å². The number of nitrogens with zero attached hydrogens (tertiary/aromatic N) is 3. The monoisotopic (exact) mass is 274 g/mol. The van der Waals surface area contributed by atoms with Gasteiger partial charge in [0.25, 0.3) is 0 Å². The molecule has 2 saturated heterocycles. The van der Waals surface area contributed by atoms with E-state index in [1.54, 1.807) is 0 Å². The summed E-state index contributed by atoms with van der Waals surface area (Å²) in [4.78, 5) is 9.48. The van der Waals surface area contributed by atoms with Crippen LogP contribution < -0.4 is 5.32 Å². The fourth-order valence-electron chi connectivity index (χ4n) is 3.20. The van der Waals surface area contributed by atoms with Gasteiger partial charge in [0.05, 0.1) is 0 Å². The fraction of sp³-hybridized carbons (Fsp3) is 0.571. The molecular formula is C14H18N4S. The molecule has 0 radical (unpaired) electrons. The van der Waals surface area contributed by atoms with Crippen LogP contribution >= 0.6 is 11.8 Å². The van der Waals surface area contributed by atoms with Crippen molar-refractivity contribution in [2.45, 2.75) is 24.8 Å². The van der Waals surface area contributed by atoms with Crippen LogP contribution in [0.4, 0.5) is 0 Å². The van der Waals surface area contributed by atoms with E-state index in [2.05, 4.69) is 20.9 Å². The van der Waals surface area contributed by atoms with E-state index in [-0.39, 0.29) is 0 Å². The minimum absolute atomic E-state index is 0.555. The van der Waals surface area contributed by atoms with E-state index < -0.39 is 0 Å². The topological polar surface area (TPSA) is 42.7 Å². The summed E-state index contributed by atoms with van der Waals surface area (Å²) < 4.78 is 2.44. The second-order valence-electron chi connectivity index (χ2n) is 5.39. The number of imidazole rings is 1. The van der Waals surface area contributed by atoms with Crippen LogP contribution in [0.3, 0.4) is 0 Å². The van der Waals surface area contributed by atoms with Crippen molar-refractivity contribution in [3.8, 4) is 0 Å². The maximum Gasteiger partial charge on any atom is 0.160 e. The highest BCUT2D eigenvalue weighted by molar-refractivity contribution is 7.99. The maximum absolute atomic E-state index is 4.89. The van der Waals surface area contributed by atoms with Gasteiger partial charge in [-0.3, -0.25) is 0 Å². The molecule has 0 amide bonds. The van der Waals surface area contributed by atoms with E-state index in [1.807, 2.05) is 24.0 Å². The van der Waals surface area contributed by atoms with Gasteiger partial charge in [0.15, 0.2) is 5.65 Å². The standard InChI is InChI=1S/C14H18N4S/c1-2-12-14(16-5-1)18(11-4-7-19-9-11)13(17-12)10-3-6-15-8-10/h1-2,5,10-11,15H,3-4,6-9H2. The summed E-state index contributed by atoms with van der Waals surface area (Å²) in [7, 11) is 0. The number of aromatic nitrogens is 3. The lowest BCUT2D eigenvalue weighted by Gasteiger charge is -2.17. The number of hydrogen-bond donors (Lipinski definition) is 1. The molecule has 0 bridgehead atoms. The van der Waals surface area contributed by atoms with Crippen molar-refractivity contribution in [1.82, 2.24) is 19.9 Å². The third-order valence-corrected chi connectivity index (χ3v) is 5.32. The molecule has 2 aromatic heterocycles. The average Bonchev–Trinajstić information content (AvgIpc) is 3.17. The number of fused-ring (bicyclic) bond motifs is 1. The Kier molecular flexibility index (Phi) is 2.96. The van der Waals surface area contributed by atoms with Crippen molar-refractivity contribution in [3.05, 3.63) is 24.2 Å². The van der Waals surface area contributed by atoms with Crippen molar-refractivity contribution >= 4 is 22.9 Å². The minimum atomic E-state index is 0.555. The highest BCUT2D eigenvalue weighted by atomic mass is 32.2. The van der Waals surface area contributed by atoms with Gasteiger partial charge in [0.2, 0.25) is 0 Å². The van der Waals surface area contributed by atoms with Crippen LogP contribution in [0.1, 0.15) is 30.6 Å². The number of rotatable bonds is 2. The summed E-state index contributed by atoms with van der Waals surface area (Å²) >= 11 is 2.05. The first-order valence-corrected chi connectivity index (χ1v) is 8.20. The van der Waals surface area contributed by atoms with Gasteiger partial charge in [-0.15, -0.1) is 0 Å². The van der Waals surface area contributed by atoms with Crippen molar-refractivity contribution < 1.29 is 0 Å². The average molecular weight is 274 g/mol. The minimum Gasteiger partial charge on any atom is -0.316 e. The lowest BCUT2D eigenvalue weighted by Crippen LogP contribution is -2.17. The Bertz CT molecular complexity index is 582. The van der Waals surface area contributed by atoms with Gasteiger partial charge >= 0.3 is 0 Å². The van der Waals surface area contributed by atoms with E-state index in [4.69, 9.17) is 4.98 Å². The molecule has 1 N–H and O–H groups in total. The molecule has 4 rings (SSSR count). The van der Waals surface area contributed by atoms with Crippen LogP contribution in [0.15, 0.2) is 18.3 Å². The van der Waals surface area contributed by atoms with Crippen LogP contribution in [-0.2, 0) is 0 Å². The summed E-state index contributed by atoms with van der Waals surface area (Å²) in [6.07, 6.45) is 4.34. The molecule has 2 unspecified atom stereocenters. The van der Waals surface area contributed by atoms with Crippen LogP contribution in [0.25, 0.3) is 11.2 Å². The molecule has 0 saturated carbocycles. The molecule has 0 aromatic carbocycles. The number of nitrogens with one attached hydrogen (secondary N) is 1. The van der Waals surface area contributed by atoms with E-state index in [0.717, 1.165) is 24.3 Å². The summed E-state index contributed by atoms with van der Waals surface area (Å²) in [6.45, 7) is 2.17. The smallest absolute Gasteiger partial charge is 0.160 e. The quantitative estimate of drug-likeness (QED) is 0.911. The Balaban J connectivity index is 1.87. The molecular weight excluding hydrogens is 256 g/mol. The second kappa shape index (κ2) is 4.80. The highest BCUT2D eigenvalue weighted by Crippen LogP contribution is 2.34. The summed E-state index contributed by atoms with van der Waals surface area (Å²) in [5.74, 6) is 4.28. The Morgan fingerprint density at radius 2 is 2.37 bits per heavy atom. The van der Waals surface area contributed by atoms with E-state index in [1.165, 1.54) is 30.2 Å². The van der Waals surface area contributed by atoms with Crippen LogP contribution in [-0.4, -0.2) is 39.1 Å². The van der Waals surface area contributed by atoms with Crippen LogP contribution in [0.5, 0.6) is 0 Å². The second-order valence-corrected chi connectivity index (χ2v) is 6.54. The predicted molar refractivity (Wildman–Crippen MR) is 78.7 cm³/mol. The van der Waals surface area contributed by atoms with Crippen LogP contribution in [0, 0.1) is 0 Å². The molecule has 100 valence electrons. The Labute approximate surface area is 117 Å². The highest BCUT2D eigenvalue weighted by Gasteiger charge is 2.28. The lowest BCUT2D eigenvalue weighted by molar-refractivity contribution is 0.521. The largest absolute Gasteiger partial charge is 0.316 e.